The number of hydrogen-bond acceptors (Lipinski definition) is 3. The van der Waals surface area contributed by atoms with Crippen molar-refractivity contribution in [3.8, 4) is 10.6 Å². The zero-order valence-corrected chi connectivity index (χ0v) is 15.8. The molecular formula is C20H12BrFN2OS. The van der Waals surface area contributed by atoms with Crippen molar-refractivity contribution >= 4 is 49.1 Å². The fourth-order valence-corrected chi connectivity index (χ4v) is 3.99. The van der Waals surface area contributed by atoms with Crippen molar-refractivity contribution in [2.24, 2.45) is 0 Å². The second-order valence-electron chi connectivity index (χ2n) is 5.61. The largest absolute Gasteiger partial charge is 0.321 e. The van der Waals surface area contributed by atoms with Gasteiger partial charge in [0.2, 0.25) is 0 Å². The lowest BCUT2D eigenvalue weighted by atomic mass is 10.1. The predicted octanol–water partition coefficient (Wildman–Crippen LogP) is 6.12. The molecule has 1 aromatic heterocycles. The number of amides is 1. The summed E-state index contributed by atoms with van der Waals surface area (Å²) in [4.78, 5) is 17.2. The van der Waals surface area contributed by atoms with Crippen LogP contribution in [0.1, 0.15) is 10.4 Å². The molecule has 3 nitrogen and oxygen atoms in total. The Balaban J connectivity index is 1.72. The van der Waals surface area contributed by atoms with Crippen molar-refractivity contribution in [2.75, 3.05) is 5.32 Å². The standard InChI is InChI=1S/C20H12BrFN2OS/c21-12-9-10-15(22)14(11-12)19(25)23-16-6-2-1-5-13(16)20-24-17-7-3-4-8-18(17)26-20/h1-11H,(H,23,25). The average molecular weight is 427 g/mol. The smallest absolute Gasteiger partial charge is 0.258 e. The van der Waals surface area contributed by atoms with Gasteiger partial charge < -0.3 is 5.32 Å². The third-order valence-electron chi connectivity index (χ3n) is 3.87. The Bertz CT molecular complexity index is 1090. The van der Waals surface area contributed by atoms with E-state index in [-0.39, 0.29) is 5.56 Å². The number of carbonyl (C=O) groups excluding carboxylic acids is 1. The number of halogens is 2. The molecule has 1 N–H and O–H groups in total. The Morgan fingerprint density at radius 2 is 1.81 bits per heavy atom. The van der Waals surface area contributed by atoms with E-state index in [9.17, 15) is 9.18 Å². The van der Waals surface area contributed by atoms with Crippen LogP contribution in [-0.2, 0) is 0 Å². The summed E-state index contributed by atoms with van der Waals surface area (Å²) >= 11 is 4.81. The average Bonchev–Trinajstić information content (AvgIpc) is 3.08. The number of nitrogens with one attached hydrogen (secondary N) is 1. The van der Waals surface area contributed by atoms with Gasteiger partial charge in [0.25, 0.3) is 5.91 Å². The highest BCUT2D eigenvalue weighted by Crippen LogP contribution is 2.34. The molecule has 0 spiro atoms. The van der Waals surface area contributed by atoms with Crippen LogP contribution < -0.4 is 5.32 Å². The van der Waals surface area contributed by atoms with Crippen molar-refractivity contribution in [3.63, 3.8) is 0 Å². The Labute approximate surface area is 161 Å². The van der Waals surface area contributed by atoms with Crippen LogP contribution in [0, 0.1) is 5.82 Å². The SMILES string of the molecule is O=C(Nc1ccccc1-c1nc2ccccc2s1)c1cc(Br)ccc1F. The fourth-order valence-electron chi connectivity index (χ4n) is 2.63. The van der Waals surface area contributed by atoms with Gasteiger partial charge in [0.05, 0.1) is 21.5 Å². The van der Waals surface area contributed by atoms with Crippen molar-refractivity contribution in [2.45, 2.75) is 0 Å². The number of thiazole rings is 1. The van der Waals surface area contributed by atoms with Crippen LogP contribution in [0.4, 0.5) is 10.1 Å². The number of aromatic nitrogens is 1. The Kier molecular flexibility index (Phi) is 4.53. The first-order chi connectivity index (χ1) is 12.6. The summed E-state index contributed by atoms with van der Waals surface area (Å²) in [7, 11) is 0. The molecule has 3 aromatic carbocycles. The Morgan fingerprint density at radius 3 is 2.65 bits per heavy atom. The molecule has 26 heavy (non-hydrogen) atoms. The van der Waals surface area contributed by atoms with E-state index in [2.05, 4.69) is 26.2 Å². The molecular weight excluding hydrogens is 415 g/mol. The highest BCUT2D eigenvalue weighted by Gasteiger charge is 2.16. The lowest BCUT2D eigenvalue weighted by Crippen LogP contribution is -2.14. The van der Waals surface area contributed by atoms with Gasteiger partial charge in [0, 0.05) is 10.0 Å². The molecule has 4 aromatic rings. The number of fused-ring (bicyclic) bond motifs is 1. The molecule has 0 saturated heterocycles. The molecule has 0 radical (unpaired) electrons. The monoisotopic (exact) mass is 426 g/mol. The van der Waals surface area contributed by atoms with E-state index in [0.29, 0.717) is 10.2 Å². The summed E-state index contributed by atoms with van der Waals surface area (Å²) in [6, 6.07) is 19.5. The van der Waals surface area contributed by atoms with Gasteiger partial charge in [-0.15, -0.1) is 11.3 Å². The van der Waals surface area contributed by atoms with Crippen molar-refractivity contribution in [1.29, 1.82) is 0 Å². The van der Waals surface area contributed by atoms with E-state index in [4.69, 9.17) is 0 Å². The van der Waals surface area contributed by atoms with E-state index in [0.717, 1.165) is 20.8 Å². The minimum Gasteiger partial charge on any atom is -0.321 e. The van der Waals surface area contributed by atoms with Gasteiger partial charge in [-0.25, -0.2) is 9.37 Å². The summed E-state index contributed by atoms with van der Waals surface area (Å²) in [6.07, 6.45) is 0. The fraction of sp³-hybridized carbons (Fsp3) is 0. The molecule has 4 rings (SSSR count). The van der Waals surface area contributed by atoms with E-state index in [1.807, 2.05) is 42.5 Å². The highest BCUT2D eigenvalue weighted by atomic mass is 79.9. The van der Waals surface area contributed by atoms with Gasteiger partial charge in [-0.1, -0.05) is 40.2 Å². The number of carbonyl (C=O) groups is 1. The van der Waals surface area contributed by atoms with E-state index < -0.39 is 11.7 Å². The van der Waals surface area contributed by atoms with E-state index in [1.54, 1.807) is 23.5 Å². The number of anilines is 1. The van der Waals surface area contributed by atoms with Gasteiger partial charge in [-0.2, -0.15) is 0 Å². The van der Waals surface area contributed by atoms with E-state index in [1.165, 1.54) is 12.1 Å². The molecule has 128 valence electrons. The summed E-state index contributed by atoms with van der Waals surface area (Å²) in [5.41, 5.74) is 2.29. The Hall–Kier alpha value is -2.57. The van der Waals surface area contributed by atoms with Crippen LogP contribution in [0.15, 0.2) is 71.2 Å². The third-order valence-corrected chi connectivity index (χ3v) is 5.44. The number of benzene rings is 3. The summed E-state index contributed by atoms with van der Waals surface area (Å²) < 4.78 is 15.7. The van der Waals surface area contributed by atoms with E-state index >= 15 is 0 Å². The molecule has 0 aliphatic heterocycles. The summed E-state index contributed by atoms with van der Waals surface area (Å²) in [5, 5.41) is 3.61. The first-order valence-electron chi connectivity index (χ1n) is 7.83. The molecule has 1 amide bonds. The molecule has 0 atom stereocenters. The maximum absolute atomic E-state index is 14.0. The van der Waals surface area contributed by atoms with Crippen LogP contribution in [0.5, 0.6) is 0 Å². The normalized spacial score (nSPS) is 10.8. The minimum absolute atomic E-state index is 0.0153. The van der Waals surface area contributed by atoms with Gasteiger partial charge in [0.1, 0.15) is 10.8 Å². The number of hydrogen-bond donors (Lipinski definition) is 1. The van der Waals surface area contributed by atoms with Crippen molar-refractivity contribution < 1.29 is 9.18 Å². The lowest BCUT2D eigenvalue weighted by molar-refractivity contribution is 0.102. The minimum atomic E-state index is -0.567. The maximum Gasteiger partial charge on any atom is 0.258 e. The third kappa shape index (κ3) is 3.25. The molecule has 6 heteroatoms. The van der Waals surface area contributed by atoms with Crippen LogP contribution in [0.25, 0.3) is 20.8 Å². The highest BCUT2D eigenvalue weighted by molar-refractivity contribution is 9.10. The van der Waals surface area contributed by atoms with Gasteiger partial charge in [-0.3, -0.25) is 4.79 Å². The number of para-hydroxylation sites is 2. The molecule has 0 saturated carbocycles. The van der Waals surface area contributed by atoms with Gasteiger partial charge >= 0.3 is 0 Å². The number of nitrogens with zero attached hydrogens (tertiary/aromatic N) is 1. The van der Waals surface area contributed by atoms with Crippen LogP contribution in [0.2, 0.25) is 0 Å². The second kappa shape index (κ2) is 6.97. The first kappa shape index (κ1) is 16.9. The Morgan fingerprint density at radius 1 is 1.04 bits per heavy atom. The van der Waals surface area contributed by atoms with Gasteiger partial charge in [-0.05, 0) is 42.5 Å². The van der Waals surface area contributed by atoms with Crippen molar-refractivity contribution in [1.82, 2.24) is 4.98 Å². The zero-order valence-electron chi connectivity index (χ0n) is 13.4. The molecule has 0 unspecified atom stereocenters. The molecule has 0 bridgehead atoms. The first-order valence-corrected chi connectivity index (χ1v) is 9.44. The van der Waals surface area contributed by atoms with Crippen LogP contribution in [-0.4, -0.2) is 10.9 Å². The maximum atomic E-state index is 14.0. The number of rotatable bonds is 3. The predicted molar refractivity (Wildman–Crippen MR) is 107 cm³/mol. The summed E-state index contributed by atoms with van der Waals surface area (Å²) in [6.45, 7) is 0. The zero-order chi connectivity index (χ0) is 18.1. The van der Waals surface area contributed by atoms with Crippen molar-refractivity contribution in [3.05, 3.63) is 82.6 Å². The van der Waals surface area contributed by atoms with Gasteiger partial charge in [0.15, 0.2) is 0 Å². The van der Waals surface area contributed by atoms with Crippen LogP contribution in [0.3, 0.4) is 0 Å². The molecule has 0 aliphatic carbocycles. The molecule has 0 aliphatic rings. The topological polar surface area (TPSA) is 42.0 Å². The summed E-state index contributed by atoms with van der Waals surface area (Å²) in [5.74, 6) is -1.07. The quantitative estimate of drug-likeness (QED) is 0.428. The lowest BCUT2D eigenvalue weighted by Gasteiger charge is -2.10. The second-order valence-corrected chi connectivity index (χ2v) is 7.56. The van der Waals surface area contributed by atoms with Crippen LogP contribution >= 0.6 is 27.3 Å². The molecule has 1 heterocycles. The molecule has 0 fully saturated rings.